The summed E-state index contributed by atoms with van der Waals surface area (Å²) in [6.45, 7) is 5.39. The lowest BCUT2D eigenvalue weighted by atomic mass is 10.2. The Hall–Kier alpha value is -1.44. The summed E-state index contributed by atoms with van der Waals surface area (Å²) in [5.74, 6) is 1.12. The van der Waals surface area contributed by atoms with E-state index >= 15 is 0 Å². The predicted molar refractivity (Wildman–Crippen MR) is 80.2 cm³/mol. The summed E-state index contributed by atoms with van der Waals surface area (Å²) in [5.41, 5.74) is 5.82. The van der Waals surface area contributed by atoms with Crippen LogP contribution >= 0.6 is 11.3 Å². The van der Waals surface area contributed by atoms with Gasteiger partial charge < -0.3 is 20.5 Å². The van der Waals surface area contributed by atoms with Crippen LogP contribution in [0.5, 0.6) is 0 Å². The molecule has 2 atom stereocenters. The highest BCUT2D eigenvalue weighted by molar-refractivity contribution is 7.18. The summed E-state index contributed by atoms with van der Waals surface area (Å²) < 4.78 is 5.67. The van der Waals surface area contributed by atoms with Gasteiger partial charge >= 0.3 is 0 Å². The molecule has 20 heavy (non-hydrogen) atoms. The molecule has 1 fully saturated rings. The fourth-order valence-electron chi connectivity index (χ4n) is 2.60. The average Bonchev–Trinajstić information content (AvgIpc) is 2.77. The molecule has 1 saturated heterocycles. The first kappa shape index (κ1) is 13.5. The zero-order chi connectivity index (χ0) is 14.3. The number of rotatable bonds is 2. The van der Waals surface area contributed by atoms with E-state index in [2.05, 4.69) is 20.9 Å². The number of hydrogen-bond acceptors (Lipinski definition) is 7. The fourth-order valence-corrected chi connectivity index (χ4v) is 3.48. The van der Waals surface area contributed by atoms with Crippen molar-refractivity contribution in [3.05, 3.63) is 10.9 Å². The van der Waals surface area contributed by atoms with E-state index in [-0.39, 0.29) is 24.8 Å². The van der Waals surface area contributed by atoms with E-state index in [1.807, 2.05) is 13.8 Å². The van der Waals surface area contributed by atoms with Crippen molar-refractivity contribution in [1.29, 1.82) is 0 Å². The minimum atomic E-state index is -0.190. The molecular formula is C13H18N4O2S. The number of nitrogen functional groups attached to an aromatic ring is 1. The normalized spacial score (nSPS) is 23.4. The first-order valence-corrected chi connectivity index (χ1v) is 7.43. The molecule has 7 heteroatoms. The van der Waals surface area contributed by atoms with Crippen LogP contribution in [0.25, 0.3) is 10.2 Å². The zero-order valence-corrected chi connectivity index (χ0v) is 12.4. The molecule has 2 unspecified atom stereocenters. The molecule has 2 aromatic rings. The molecule has 0 radical (unpaired) electrons. The molecular weight excluding hydrogens is 276 g/mol. The molecule has 3 N–H and O–H groups in total. The summed E-state index contributed by atoms with van der Waals surface area (Å²) in [6.07, 6.45) is -0.142. The molecule has 0 bridgehead atoms. The lowest BCUT2D eigenvalue weighted by Crippen LogP contribution is -2.48. The quantitative estimate of drug-likeness (QED) is 0.865. The predicted octanol–water partition coefficient (Wildman–Crippen LogP) is 1.17. The molecule has 0 saturated carbocycles. The Kier molecular flexibility index (Phi) is 3.49. The van der Waals surface area contributed by atoms with Crippen LogP contribution in [0, 0.1) is 6.92 Å². The highest BCUT2D eigenvalue weighted by Gasteiger charge is 2.27. The number of morpholine rings is 1. The molecule has 3 rings (SSSR count). The monoisotopic (exact) mass is 294 g/mol. The van der Waals surface area contributed by atoms with Crippen LogP contribution in [0.1, 0.15) is 11.8 Å². The van der Waals surface area contributed by atoms with Crippen molar-refractivity contribution in [2.75, 3.05) is 30.3 Å². The Morgan fingerprint density at radius 1 is 1.50 bits per heavy atom. The van der Waals surface area contributed by atoms with Crippen LogP contribution in [0.15, 0.2) is 6.07 Å². The number of fused-ring (bicyclic) bond motifs is 1. The number of nitrogens with zero attached hydrogens (tertiary/aromatic N) is 3. The first-order chi connectivity index (χ1) is 9.56. The number of thiophene rings is 1. The average molecular weight is 294 g/mol. The van der Waals surface area contributed by atoms with Crippen molar-refractivity contribution in [3.8, 4) is 0 Å². The number of aromatic nitrogens is 2. The van der Waals surface area contributed by atoms with E-state index in [1.54, 1.807) is 11.3 Å². The SMILES string of the molecule is Cc1cc2c(N3CC(C)OC(CO)C3)nc(N)nc2s1. The van der Waals surface area contributed by atoms with Crippen LogP contribution in [0.3, 0.4) is 0 Å². The molecule has 0 spiro atoms. The lowest BCUT2D eigenvalue weighted by molar-refractivity contribution is -0.0422. The number of ether oxygens (including phenoxy) is 1. The molecule has 0 aliphatic carbocycles. The van der Waals surface area contributed by atoms with Gasteiger partial charge in [-0.15, -0.1) is 11.3 Å². The van der Waals surface area contributed by atoms with E-state index in [9.17, 15) is 5.11 Å². The van der Waals surface area contributed by atoms with Crippen LogP contribution in [-0.2, 0) is 4.74 Å². The van der Waals surface area contributed by atoms with Crippen LogP contribution in [0.2, 0.25) is 0 Å². The molecule has 1 aliphatic rings. The van der Waals surface area contributed by atoms with E-state index in [0.717, 1.165) is 22.6 Å². The van der Waals surface area contributed by atoms with Crippen molar-refractivity contribution < 1.29 is 9.84 Å². The van der Waals surface area contributed by atoms with Gasteiger partial charge in [-0.05, 0) is 19.9 Å². The molecule has 6 nitrogen and oxygen atoms in total. The lowest BCUT2D eigenvalue weighted by Gasteiger charge is -2.37. The molecule has 1 aliphatic heterocycles. The number of aryl methyl sites for hydroxylation is 1. The van der Waals surface area contributed by atoms with Crippen LogP contribution in [0.4, 0.5) is 11.8 Å². The van der Waals surface area contributed by atoms with Gasteiger partial charge in [0.1, 0.15) is 10.6 Å². The summed E-state index contributed by atoms with van der Waals surface area (Å²) in [7, 11) is 0. The van der Waals surface area contributed by atoms with E-state index in [4.69, 9.17) is 10.5 Å². The summed E-state index contributed by atoms with van der Waals surface area (Å²) in [4.78, 5) is 12.9. The number of aliphatic hydroxyl groups excluding tert-OH is 1. The third kappa shape index (κ3) is 2.44. The molecule has 108 valence electrons. The van der Waals surface area contributed by atoms with Gasteiger partial charge in [0.05, 0.1) is 24.2 Å². The Morgan fingerprint density at radius 3 is 3.05 bits per heavy atom. The van der Waals surface area contributed by atoms with Crippen molar-refractivity contribution in [2.24, 2.45) is 0 Å². The topological polar surface area (TPSA) is 84.5 Å². The second-order valence-corrected chi connectivity index (χ2v) is 6.37. The van der Waals surface area contributed by atoms with Gasteiger partial charge in [0.2, 0.25) is 5.95 Å². The first-order valence-electron chi connectivity index (χ1n) is 6.61. The maximum Gasteiger partial charge on any atom is 0.223 e. The maximum absolute atomic E-state index is 9.34. The molecule has 3 heterocycles. The molecule has 2 aromatic heterocycles. The van der Waals surface area contributed by atoms with Crippen molar-refractivity contribution in [3.63, 3.8) is 0 Å². The number of nitrogens with two attached hydrogens (primary N) is 1. The van der Waals surface area contributed by atoms with Gasteiger partial charge in [-0.25, -0.2) is 4.98 Å². The van der Waals surface area contributed by atoms with Gasteiger partial charge in [0.15, 0.2) is 0 Å². The summed E-state index contributed by atoms with van der Waals surface area (Å²) in [5, 5.41) is 10.4. The van der Waals surface area contributed by atoms with E-state index in [0.29, 0.717) is 6.54 Å². The molecule has 0 aromatic carbocycles. The molecule has 0 amide bonds. The Morgan fingerprint density at radius 2 is 2.30 bits per heavy atom. The minimum absolute atomic E-state index is 0.00716. The Labute approximate surface area is 121 Å². The van der Waals surface area contributed by atoms with Gasteiger partial charge in [0.25, 0.3) is 0 Å². The van der Waals surface area contributed by atoms with Gasteiger partial charge in [-0.3, -0.25) is 0 Å². The van der Waals surface area contributed by atoms with E-state index in [1.165, 1.54) is 4.88 Å². The number of aliphatic hydroxyl groups is 1. The maximum atomic E-state index is 9.34. The van der Waals surface area contributed by atoms with Crippen molar-refractivity contribution in [1.82, 2.24) is 9.97 Å². The number of hydrogen-bond donors (Lipinski definition) is 2. The van der Waals surface area contributed by atoms with Crippen LogP contribution < -0.4 is 10.6 Å². The third-order valence-electron chi connectivity index (χ3n) is 3.34. The second kappa shape index (κ2) is 5.16. The third-order valence-corrected chi connectivity index (χ3v) is 4.29. The van der Waals surface area contributed by atoms with Crippen LogP contribution in [-0.4, -0.2) is 47.0 Å². The zero-order valence-electron chi connectivity index (χ0n) is 11.5. The van der Waals surface area contributed by atoms with Gasteiger partial charge in [-0.2, -0.15) is 4.98 Å². The standard InChI is InChI=1S/C13H18N4O2S/c1-7-4-17(5-9(6-18)19-7)11-10-3-8(2)20-12(10)16-13(14)15-11/h3,7,9,18H,4-6H2,1-2H3,(H2,14,15,16). The van der Waals surface area contributed by atoms with Gasteiger partial charge in [-0.1, -0.05) is 0 Å². The number of anilines is 2. The largest absolute Gasteiger partial charge is 0.394 e. The minimum Gasteiger partial charge on any atom is -0.394 e. The Bertz CT molecular complexity index is 630. The Balaban J connectivity index is 2.04. The fraction of sp³-hybridized carbons (Fsp3) is 0.538. The van der Waals surface area contributed by atoms with Crippen molar-refractivity contribution >= 4 is 33.3 Å². The van der Waals surface area contributed by atoms with Crippen molar-refractivity contribution in [2.45, 2.75) is 26.1 Å². The highest BCUT2D eigenvalue weighted by Crippen LogP contribution is 2.32. The van der Waals surface area contributed by atoms with E-state index < -0.39 is 0 Å². The van der Waals surface area contributed by atoms with Gasteiger partial charge in [0, 0.05) is 18.0 Å². The summed E-state index contributed by atoms with van der Waals surface area (Å²) >= 11 is 1.61. The second-order valence-electron chi connectivity index (χ2n) is 5.14. The highest BCUT2D eigenvalue weighted by atomic mass is 32.1. The smallest absolute Gasteiger partial charge is 0.223 e. The summed E-state index contributed by atoms with van der Waals surface area (Å²) in [6, 6.07) is 2.09.